The van der Waals surface area contributed by atoms with Gasteiger partial charge in [-0.3, -0.25) is 4.68 Å². The first-order chi connectivity index (χ1) is 15.5. The van der Waals surface area contributed by atoms with E-state index >= 15 is 0 Å². The molecule has 6 rings (SSSR count). The van der Waals surface area contributed by atoms with E-state index in [9.17, 15) is 0 Å². The lowest BCUT2D eigenvalue weighted by Gasteiger charge is -2.33. The monoisotopic (exact) mass is 433 g/mol. The van der Waals surface area contributed by atoms with Crippen LogP contribution in [0.2, 0.25) is 0 Å². The molecule has 2 aliphatic carbocycles. The third kappa shape index (κ3) is 3.54. The van der Waals surface area contributed by atoms with Crippen molar-refractivity contribution in [2.45, 2.75) is 64.4 Å². The minimum absolute atomic E-state index is 0.0320. The molecule has 3 fully saturated rings. The van der Waals surface area contributed by atoms with E-state index in [4.69, 9.17) is 24.7 Å². The zero-order valence-corrected chi connectivity index (χ0v) is 19.2. The average Bonchev–Trinajstić information content (AvgIpc) is 3.41. The summed E-state index contributed by atoms with van der Waals surface area (Å²) in [6.07, 6.45) is 11.7. The van der Waals surface area contributed by atoms with Gasteiger partial charge in [0.2, 0.25) is 5.95 Å². The molecule has 3 aromatic rings. The minimum atomic E-state index is -0.0320. The molecule has 0 amide bonds. The lowest BCUT2D eigenvalue weighted by atomic mass is 9.78. The molecule has 32 heavy (non-hydrogen) atoms. The highest BCUT2D eigenvalue weighted by atomic mass is 16.5. The van der Waals surface area contributed by atoms with Crippen LogP contribution in [-0.4, -0.2) is 49.4 Å². The van der Waals surface area contributed by atoms with Crippen LogP contribution in [-0.2, 0) is 11.8 Å². The second kappa shape index (κ2) is 7.47. The van der Waals surface area contributed by atoms with Gasteiger partial charge in [-0.2, -0.15) is 10.1 Å². The van der Waals surface area contributed by atoms with E-state index in [0.29, 0.717) is 24.5 Å². The molecule has 2 saturated carbocycles. The Balaban J connectivity index is 1.36. The van der Waals surface area contributed by atoms with E-state index in [1.54, 1.807) is 0 Å². The summed E-state index contributed by atoms with van der Waals surface area (Å²) in [5.41, 5.74) is 6.36. The Kier molecular flexibility index (Phi) is 4.68. The second-order valence-corrected chi connectivity index (χ2v) is 10.0. The van der Waals surface area contributed by atoms with E-state index in [-0.39, 0.29) is 6.10 Å². The third-order valence-corrected chi connectivity index (χ3v) is 7.79. The van der Waals surface area contributed by atoms with Crippen LogP contribution in [0.25, 0.3) is 11.2 Å². The smallest absolute Gasteiger partial charge is 0.227 e. The first-order valence-electron chi connectivity index (χ1n) is 11.9. The highest BCUT2D eigenvalue weighted by Gasteiger charge is 2.45. The Morgan fingerprint density at radius 3 is 2.50 bits per heavy atom. The van der Waals surface area contributed by atoms with Crippen LogP contribution in [0.1, 0.15) is 73.2 Å². The molecule has 1 atom stereocenters. The molecule has 8 nitrogen and oxygen atoms in total. The predicted molar refractivity (Wildman–Crippen MR) is 122 cm³/mol. The lowest BCUT2D eigenvalue weighted by Crippen LogP contribution is -2.39. The van der Waals surface area contributed by atoms with Crippen LogP contribution in [0, 0.1) is 19.3 Å². The van der Waals surface area contributed by atoms with Gasteiger partial charge in [-0.1, -0.05) is 0 Å². The number of aromatic nitrogens is 6. The highest BCUT2D eigenvalue weighted by molar-refractivity contribution is 5.75. The fourth-order valence-corrected chi connectivity index (χ4v) is 5.37. The minimum Gasteiger partial charge on any atom is -0.370 e. The molecule has 1 spiro atoms. The largest absolute Gasteiger partial charge is 0.370 e. The van der Waals surface area contributed by atoms with Crippen molar-refractivity contribution < 1.29 is 4.74 Å². The normalized spacial score (nSPS) is 23.2. The van der Waals surface area contributed by atoms with Crippen LogP contribution < -0.4 is 4.90 Å². The van der Waals surface area contributed by atoms with Crippen molar-refractivity contribution in [2.75, 3.05) is 24.6 Å². The summed E-state index contributed by atoms with van der Waals surface area (Å²) in [6.45, 7) is 6.16. The summed E-state index contributed by atoms with van der Waals surface area (Å²) in [6, 6.07) is 0. The quantitative estimate of drug-likeness (QED) is 0.621. The molecule has 1 aliphatic heterocycles. The third-order valence-electron chi connectivity index (χ3n) is 7.79. The first-order valence-corrected chi connectivity index (χ1v) is 11.9. The summed E-state index contributed by atoms with van der Waals surface area (Å²) in [4.78, 5) is 22.0. The molecule has 1 saturated heterocycles. The van der Waals surface area contributed by atoms with Gasteiger partial charge in [-0.05, 0) is 57.8 Å². The Morgan fingerprint density at radius 2 is 1.78 bits per heavy atom. The van der Waals surface area contributed by atoms with Crippen LogP contribution in [0.3, 0.4) is 0 Å². The van der Waals surface area contributed by atoms with Crippen molar-refractivity contribution in [1.82, 2.24) is 29.7 Å². The van der Waals surface area contributed by atoms with Gasteiger partial charge in [0.25, 0.3) is 0 Å². The molecular formula is C24H31N7O. The number of anilines is 1. The molecular weight excluding hydrogens is 402 g/mol. The number of rotatable bonds is 3. The average molecular weight is 434 g/mol. The standard InChI is InChI=1S/C24H31N7O/c1-15-16(2)27-22-21(26-15)20(17-4-6-24(7-5-17)8-9-24)28-23(29-22)31-10-11-32-19(14-31)18-12-25-30(3)13-18/h12-13,17,19H,4-11,14H2,1-3H3/t19-/m1/s1. The SMILES string of the molecule is Cc1nc2nc(N3CCO[C@@H](c4cnn(C)c4)C3)nc(C3CCC4(CC3)CC4)c2nc1C. The lowest BCUT2D eigenvalue weighted by molar-refractivity contribution is 0.0392. The van der Waals surface area contributed by atoms with E-state index in [1.807, 2.05) is 38.0 Å². The molecule has 8 heteroatoms. The fourth-order valence-electron chi connectivity index (χ4n) is 5.37. The summed E-state index contributed by atoms with van der Waals surface area (Å²) in [5.74, 6) is 1.20. The summed E-state index contributed by atoms with van der Waals surface area (Å²) in [7, 11) is 1.93. The van der Waals surface area contributed by atoms with E-state index in [1.165, 1.54) is 38.5 Å². The number of ether oxygens (including phenoxy) is 1. The van der Waals surface area contributed by atoms with Gasteiger partial charge in [-0.15, -0.1) is 0 Å². The number of morpholine rings is 1. The van der Waals surface area contributed by atoms with Gasteiger partial charge in [0.15, 0.2) is 5.65 Å². The van der Waals surface area contributed by atoms with Gasteiger partial charge in [0, 0.05) is 31.3 Å². The zero-order valence-electron chi connectivity index (χ0n) is 19.2. The second-order valence-electron chi connectivity index (χ2n) is 10.0. The summed E-state index contributed by atoms with van der Waals surface area (Å²) < 4.78 is 7.87. The first kappa shape index (κ1) is 20.0. The van der Waals surface area contributed by atoms with Crippen LogP contribution in [0.15, 0.2) is 12.4 Å². The summed E-state index contributed by atoms with van der Waals surface area (Å²) in [5, 5.41) is 4.31. The molecule has 0 unspecified atom stereocenters. The van der Waals surface area contributed by atoms with Crippen molar-refractivity contribution in [3.05, 3.63) is 35.0 Å². The van der Waals surface area contributed by atoms with Gasteiger partial charge in [0.1, 0.15) is 11.6 Å². The van der Waals surface area contributed by atoms with Gasteiger partial charge in [0.05, 0.1) is 36.4 Å². The van der Waals surface area contributed by atoms with Crippen molar-refractivity contribution >= 4 is 17.1 Å². The maximum atomic E-state index is 6.05. The van der Waals surface area contributed by atoms with Crippen molar-refractivity contribution in [2.24, 2.45) is 12.5 Å². The van der Waals surface area contributed by atoms with E-state index < -0.39 is 0 Å². The molecule has 0 N–H and O–H groups in total. The van der Waals surface area contributed by atoms with E-state index in [2.05, 4.69) is 10.00 Å². The zero-order chi connectivity index (χ0) is 21.9. The van der Waals surface area contributed by atoms with Crippen molar-refractivity contribution in [3.63, 3.8) is 0 Å². The Morgan fingerprint density at radius 1 is 1.00 bits per heavy atom. The molecule has 0 aromatic carbocycles. The van der Waals surface area contributed by atoms with Crippen molar-refractivity contribution in [1.29, 1.82) is 0 Å². The Hall–Kier alpha value is -2.61. The van der Waals surface area contributed by atoms with Gasteiger partial charge in [-0.25, -0.2) is 15.0 Å². The number of aryl methyl sites for hydroxylation is 3. The van der Waals surface area contributed by atoms with Gasteiger partial charge < -0.3 is 9.64 Å². The maximum absolute atomic E-state index is 6.05. The Bertz CT molecular complexity index is 1160. The molecule has 168 valence electrons. The molecule has 0 radical (unpaired) electrons. The highest BCUT2D eigenvalue weighted by Crippen LogP contribution is 2.58. The molecule has 4 heterocycles. The van der Waals surface area contributed by atoms with Crippen molar-refractivity contribution in [3.8, 4) is 0 Å². The fraction of sp³-hybridized carbons (Fsp3) is 0.625. The number of hydrogen-bond donors (Lipinski definition) is 0. The summed E-state index contributed by atoms with van der Waals surface area (Å²) >= 11 is 0. The molecule has 3 aromatic heterocycles. The molecule has 3 aliphatic rings. The Labute approximate surface area is 188 Å². The number of nitrogens with zero attached hydrogens (tertiary/aromatic N) is 7. The predicted octanol–water partition coefficient (Wildman–Crippen LogP) is 3.79. The number of fused-ring (bicyclic) bond motifs is 1. The number of hydrogen-bond acceptors (Lipinski definition) is 7. The maximum Gasteiger partial charge on any atom is 0.227 e. The van der Waals surface area contributed by atoms with Crippen LogP contribution in [0.5, 0.6) is 0 Å². The van der Waals surface area contributed by atoms with Crippen LogP contribution in [0.4, 0.5) is 5.95 Å². The van der Waals surface area contributed by atoms with Gasteiger partial charge >= 0.3 is 0 Å². The molecule has 0 bridgehead atoms. The van der Waals surface area contributed by atoms with Crippen LogP contribution >= 0.6 is 0 Å². The van der Waals surface area contributed by atoms with E-state index in [0.717, 1.165) is 46.3 Å². The topological polar surface area (TPSA) is 81.9 Å².